The molecule has 0 amide bonds. The molecule has 0 aliphatic rings. The summed E-state index contributed by atoms with van der Waals surface area (Å²) in [5.74, 6) is -0.343. The maximum atomic E-state index is 14.1. The van der Waals surface area contributed by atoms with Gasteiger partial charge in [0.25, 0.3) is 0 Å². The Morgan fingerprint density at radius 1 is 1.33 bits per heavy atom. The van der Waals surface area contributed by atoms with Crippen LogP contribution in [0.15, 0.2) is 28.1 Å². The lowest BCUT2D eigenvalue weighted by molar-refractivity contribution is 0.401. The number of benzene rings is 1. The van der Waals surface area contributed by atoms with E-state index in [0.717, 1.165) is 10.6 Å². The monoisotopic (exact) mass is 375 g/mol. The molecule has 2 nitrogen and oxygen atoms in total. The Labute approximate surface area is 135 Å². The zero-order chi connectivity index (χ0) is 15.4. The Kier molecular flexibility index (Phi) is 5.72. The molecule has 2 aromatic rings. The second kappa shape index (κ2) is 7.33. The van der Waals surface area contributed by atoms with Crippen molar-refractivity contribution >= 4 is 27.3 Å². The molecule has 0 radical (unpaired) electrons. The molecule has 21 heavy (non-hydrogen) atoms. The Bertz CT molecular complexity index is 618. The largest absolute Gasteiger partial charge is 0.496 e. The molecular formula is C15H16BrF2NOS. The molecule has 0 aliphatic heterocycles. The minimum absolute atomic E-state index is 0.0748. The molecular weight excluding hydrogens is 360 g/mol. The number of hydrogen-bond donors (Lipinski definition) is 1. The molecule has 0 spiro atoms. The molecule has 1 atom stereocenters. The second-order valence-corrected chi connectivity index (χ2v) is 6.29. The number of methoxy groups -OCH3 is 1. The summed E-state index contributed by atoms with van der Waals surface area (Å²) in [6, 6.07) is 4.32. The molecule has 0 saturated heterocycles. The Morgan fingerprint density at radius 3 is 2.76 bits per heavy atom. The number of ether oxygens (including phenoxy) is 1. The van der Waals surface area contributed by atoms with E-state index < -0.39 is 11.6 Å². The van der Waals surface area contributed by atoms with E-state index in [-0.39, 0.29) is 22.5 Å². The first kappa shape index (κ1) is 16.4. The van der Waals surface area contributed by atoms with Gasteiger partial charge in [0.05, 0.1) is 16.5 Å². The number of thiophene rings is 1. The van der Waals surface area contributed by atoms with E-state index in [1.807, 2.05) is 18.4 Å². The summed E-state index contributed by atoms with van der Waals surface area (Å²) in [6.45, 7) is 2.66. The topological polar surface area (TPSA) is 21.3 Å². The maximum absolute atomic E-state index is 14.1. The number of halogens is 3. The summed E-state index contributed by atoms with van der Waals surface area (Å²) in [4.78, 5) is 0.943. The smallest absolute Gasteiger partial charge is 0.143 e. The Hall–Kier alpha value is -0.980. The van der Waals surface area contributed by atoms with Crippen molar-refractivity contribution in [2.45, 2.75) is 19.4 Å². The first-order valence-electron chi connectivity index (χ1n) is 6.55. The lowest BCUT2D eigenvalue weighted by Gasteiger charge is -2.19. The third-order valence-electron chi connectivity index (χ3n) is 3.19. The zero-order valence-electron chi connectivity index (χ0n) is 11.8. The van der Waals surface area contributed by atoms with Crippen LogP contribution >= 0.6 is 27.3 Å². The van der Waals surface area contributed by atoms with Gasteiger partial charge in [0.15, 0.2) is 0 Å². The normalized spacial score (nSPS) is 12.4. The maximum Gasteiger partial charge on any atom is 0.143 e. The highest BCUT2D eigenvalue weighted by Crippen LogP contribution is 2.34. The average Bonchev–Trinajstić information content (AvgIpc) is 2.95. The molecule has 0 bridgehead atoms. The highest BCUT2D eigenvalue weighted by Gasteiger charge is 2.22. The minimum atomic E-state index is -0.548. The molecule has 1 aromatic heterocycles. The van der Waals surface area contributed by atoms with E-state index in [9.17, 15) is 8.78 Å². The van der Waals surface area contributed by atoms with Crippen molar-refractivity contribution in [3.63, 3.8) is 0 Å². The molecule has 0 fully saturated rings. The molecule has 0 saturated carbocycles. The lowest BCUT2D eigenvalue weighted by Crippen LogP contribution is -2.23. The molecule has 1 N–H and O–H groups in total. The highest BCUT2D eigenvalue weighted by molar-refractivity contribution is 9.10. The number of rotatable bonds is 6. The van der Waals surface area contributed by atoms with E-state index in [1.165, 1.54) is 23.5 Å². The van der Waals surface area contributed by atoms with Crippen LogP contribution in [-0.2, 0) is 6.42 Å². The molecule has 1 unspecified atom stereocenters. The molecule has 0 aliphatic carbocycles. The van der Waals surface area contributed by atoms with Crippen molar-refractivity contribution in [1.29, 1.82) is 0 Å². The van der Waals surface area contributed by atoms with Crippen LogP contribution < -0.4 is 10.1 Å². The van der Waals surface area contributed by atoms with Crippen LogP contribution in [0.5, 0.6) is 5.75 Å². The molecule has 6 heteroatoms. The average molecular weight is 376 g/mol. The van der Waals surface area contributed by atoms with Crippen LogP contribution in [0.3, 0.4) is 0 Å². The standard InChI is InChI=1S/C15H16BrF2NOS/c1-3-19-12(15-13(20-2)6-7-21-15)8-9-11(17)5-4-10(16)14(9)18/h4-7,12,19H,3,8H2,1-2H3. The summed E-state index contributed by atoms with van der Waals surface area (Å²) >= 11 is 4.62. The van der Waals surface area contributed by atoms with Crippen molar-refractivity contribution in [3.05, 3.63) is 50.1 Å². The van der Waals surface area contributed by atoms with Gasteiger partial charge in [-0.2, -0.15) is 0 Å². The van der Waals surface area contributed by atoms with Gasteiger partial charge in [-0.1, -0.05) is 6.92 Å². The fourth-order valence-corrected chi connectivity index (χ4v) is 3.50. The fraction of sp³-hybridized carbons (Fsp3) is 0.333. The van der Waals surface area contributed by atoms with Crippen molar-refractivity contribution in [1.82, 2.24) is 5.32 Å². The summed E-state index contributed by atoms with van der Waals surface area (Å²) in [5.41, 5.74) is 0.0748. The third-order valence-corrected chi connectivity index (χ3v) is 4.82. The lowest BCUT2D eigenvalue weighted by atomic mass is 10.0. The summed E-state index contributed by atoms with van der Waals surface area (Å²) in [5, 5.41) is 5.17. The SMILES string of the molecule is CCNC(Cc1c(F)ccc(Br)c1F)c1sccc1OC. The Morgan fingerprint density at radius 2 is 2.10 bits per heavy atom. The summed E-state index contributed by atoms with van der Waals surface area (Å²) < 4.78 is 33.7. The van der Waals surface area contributed by atoms with Crippen LogP contribution in [0, 0.1) is 11.6 Å². The van der Waals surface area contributed by atoms with Gasteiger partial charge in [0.2, 0.25) is 0 Å². The quantitative estimate of drug-likeness (QED) is 0.739. The molecule has 1 aromatic carbocycles. The van der Waals surface area contributed by atoms with E-state index in [2.05, 4.69) is 21.2 Å². The van der Waals surface area contributed by atoms with Gasteiger partial charge in [-0.15, -0.1) is 11.3 Å². The predicted molar refractivity (Wildman–Crippen MR) is 85.1 cm³/mol. The van der Waals surface area contributed by atoms with Crippen LogP contribution in [0.2, 0.25) is 0 Å². The molecule has 2 rings (SSSR count). The first-order chi connectivity index (χ1) is 10.1. The van der Waals surface area contributed by atoms with Gasteiger partial charge in [-0.25, -0.2) is 8.78 Å². The van der Waals surface area contributed by atoms with Gasteiger partial charge in [-0.3, -0.25) is 0 Å². The predicted octanol–water partition coefficient (Wildman–Crippen LogP) is 4.69. The second-order valence-electron chi connectivity index (χ2n) is 4.49. The van der Waals surface area contributed by atoms with Gasteiger partial charge < -0.3 is 10.1 Å². The van der Waals surface area contributed by atoms with Crippen LogP contribution in [0.1, 0.15) is 23.4 Å². The third kappa shape index (κ3) is 3.62. The summed E-state index contributed by atoms with van der Waals surface area (Å²) in [7, 11) is 1.59. The van der Waals surface area contributed by atoms with Crippen LogP contribution in [0.25, 0.3) is 0 Å². The van der Waals surface area contributed by atoms with E-state index >= 15 is 0 Å². The van der Waals surface area contributed by atoms with Gasteiger partial charge >= 0.3 is 0 Å². The molecule has 1 heterocycles. The van der Waals surface area contributed by atoms with Crippen molar-refractivity contribution in [3.8, 4) is 5.75 Å². The Balaban J connectivity index is 2.35. The van der Waals surface area contributed by atoms with E-state index in [1.54, 1.807) is 7.11 Å². The summed E-state index contributed by atoms with van der Waals surface area (Å²) in [6.07, 6.45) is 0.224. The number of nitrogens with one attached hydrogen (secondary N) is 1. The zero-order valence-corrected chi connectivity index (χ0v) is 14.2. The van der Waals surface area contributed by atoms with Crippen LogP contribution in [0.4, 0.5) is 8.78 Å². The van der Waals surface area contributed by atoms with Gasteiger partial charge in [0.1, 0.15) is 17.4 Å². The van der Waals surface area contributed by atoms with Crippen LogP contribution in [-0.4, -0.2) is 13.7 Å². The van der Waals surface area contributed by atoms with Crippen molar-refractivity contribution in [2.24, 2.45) is 0 Å². The number of likely N-dealkylation sites (N-methyl/N-ethyl adjacent to an activating group) is 1. The van der Waals surface area contributed by atoms with Gasteiger partial charge in [-0.05, 0) is 52.5 Å². The highest BCUT2D eigenvalue weighted by atomic mass is 79.9. The molecule has 114 valence electrons. The number of hydrogen-bond acceptors (Lipinski definition) is 3. The minimum Gasteiger partial charge on any atom is -0.496 e. The van der Waals surface area contributed by atoms with E-state index in [0.29, 0.717) is 6.54 Å². The first-order valence-corrected chi connectivity index (χ1v) is 8.22. The van der Waals surface area contributed by atoms with Gasteiger partial charge in [0, 0.05) is 11.6 Å². The van der Waals surface area contributed by atoms with Crippen molar-refractivity contribution in [2.75, 3.05) is 13.7 Å². The van der Waals surface area contributed by atoms with Crippen molar-refractivity contribution < 1.29 is 13.5 Å². The fourth-order valence-electron chi connectivity index (χ4n) is 2.20. The van der Waals surface area contributed by atoms with E-state index in [4.69, 9.17) is 4.74 Å².